The van der Waals surface area contributed by atoms with Crippen molar-refractivity contribution in [1.29, 1.82) is 0 Å². The summed E-state index contributed by atoms with van der Waals surface area (Å²) in [4.78, 5) is 14.8. The van der Waals surface area contributed by atoms with E-state index >= 15 is 0 Å². The van der Waals surface area contributed by atoms with Gasteiger partial charge in [0.2, 0.25) is 10.0 Å². The van der Waals surface area contributed by atoms with Gasteiger partial charge < -0.3 is 5.32 Å². The normalized spacial score (nSPS) is 18.5. The standard InChI is InChI=1S/C22H27N3O3S/c1-17-5-9-21(10-6-17)29(27,28)25-13-11-24(12-14-25)16-18-3-2-4-19(15-18)22(26)23-20-7-8-20/h2-6,9-10,15,20H,7-8,11-14,16H2,1H3,(H,23,26). The van der Waals surface area contributed by atoms with Gasteiger partial charge in [0, 0.05) is 44.3 Å². The van der Waals surface area contributed by atoms with Crippen molar-refractivity contribution in [3.05, 3.63) is 65.2 Å². The number of nitrogens with zero attached hydrogens (tertiary/aromatic N) is 2. The van der Waals surface area contributed by atoms with E-state index < -0.39 is 10.0 Å². The quantitative estimate of drug-likeness (QED) is 0.790. The number of sulfonamides is 1. The van der Waals surface area contributed by atoms with Crippen molar-refractivity contribution in [3.8, 4) is 0 Å². The molecule has 0 spiro atoms. The molecule has 2 fully saturated rings. The first-order valence-corrected chi connectivity index (χ1v) is 11.5. The molecule has 6 nitrogen and oxygen atoms in total. The molecule has 2 aromatic carbocycles. The SMILES string of the molecule is Cc1ccc(S(=O)(=O)N2CCN(Cc3cccc(C(=O)NC4CC4)c3)CC2)cc1. The van der Waals surface area contributed by atoms with Crippen LogP contribution in [-0.2, 0) is 16.6 Å². The zero-order valence-corrected chi connectivity index (χ0v) is 17.5. The third-order valence-electron chi connectivity index (χ3n) is 5.50. The van der Waals surface area contributed by atoms with Gasteiger partial charge in [-0.3, -0.25) is 9.69 Å². The Balaban J connectivity index is 1.35. The van der Waals surface area contributed by atoms with Gasteiger partial charge in [0.1, 0.15) is 0 Å². The lowest BCUT2D eigenvalue weighted by Crippen LogP contribution is -2.48. The molecule has 2 aromatic rings. The molecule has 0 unspecified atom stereocenters. The summed E-state index contributed by atoms with van der Waals surface area (Å²) in [6, 6.07) is 15.1. The van der Waals surface area contributed by atoms with Crippen LogP contribution < -0.4 is 5.32 Å². The number of benzene rings is 2. The number of amides is 1. The second kappa shape index (κ2) is 8.26. The lowest BCUT2D eigenvalue weighted by atomic mass is 10.1. The van der Waals surface area contributed by atoms with Crippen LogP contribution >= 0.6 is 0 Å². The van der Waals surface area contributed by atoms with Crippen LogP contribution in [0.4, 0.5) is 0 Å². The average molecular weight is 414 g/mol. The molecule has 0 radical (unpaired) electrons. The van der Waals surface area contributed by atoms with E-state index in [1.165, 1.54) is 0 Å². The number of rotatable bonds is 6. The molecular formula is C22H27N3O3S. The van der Waals surface area contributed by atoms with E-state index in [9.17, 15) is 13.2 Å². The highest BCUT2D eigenvalue weighted by Crippen LogP contribution is 2.21. The monoisotopic (exact) mass is 413 g/mol. The van der Waals surface area contributed by atoms with E-state index in [4.69, 9.17) is 0 Å². The first kappa shape index (κ1) is 20.1. The number of aryl methyl sites for hydroxylation is 1. The van der Waals surface area contributed by atoms with Gasteiger partial charge in [-0.25, -0.2) is 8.42 Å². The third-order valence-corrected chi connectivity index (χ3v) is 7.41. The number of piperazine rings is 1. The molecule has 154 valence electrons. The van der Waals surface area contributed by atoms with Gasteiger partial charge in [-0.15, -0.1) is 0 Å². The molecule has 1 saturated heterocycles. The summed E-state index contributed by atoms with van der Waals surface area (Å²) < 4.78 is 27.2. The summed E-state index contributed by atoms with van der Waals surface area (Å²) in [7, 11) is -3.44. The molecule has 1 saturated carbocycles. The molecule has 0 bridgehead atoms. The molecule has 1 N–H and O–H groups in total. The molecule has 29 heavy (non-hydrogen) atoms. The maximum atomic E-state index is 12.8. The van der Waals surface area contributed by atoms with Crippen molar-refractivity contribution in [2.75, 3.05) is 26.2 Å². The smallest absolute Gasteiger partial charge is 0.251 e. The van der Waals surface area contributed by atoms with Gasteiger partial charge in [-0.2, -0.15) is 4.31 Å². The van der Waals surface area contributed by atoms with E-state index in [1.807, 2.05) is 43.3 Å². The van der Waals surface area contributed by atoms with E-state index in [0.717, 1.165) is 24.0 Å². The second-order valence-electron chi connectivity index (χ2n) is 7.94. The molecule has 1 heterocycles. The van der Waals surface area contributed by atoms with Crippen LogP contribution in [0.2, 0.25) is 0 Å². The summed E-state index contributed by atoms with van der Waals surface area (Å²) in [5, 5.41) is 3.02. The molecule has 1 aliphatic carbocycles. The Labute approximate surface area is 172 Å². The Hall–Kier alpha value is -2.22. The Morgan fingerprint density at radius 3 is 2.38 bits per heavy atom. The van der Waals surface area contributed by atoms with Gasteiger partial charge in [-0.1, -0.05) is 29.8 Å². The highest BCUT2D eigenvalue weighted by atomic mass is 32.2. The minimum absolute atomic E-state index is 0.0108. The number of nitrogens with one attached hydrogen (secondary N) is 1. The van der Waals surface area contributed by atoms with Crippen molar-refractivity contribution in [2.45, 2.75) is 37.2 Å². The highest BCUT2D eigenvalue weighted by molar-refractivity contribution is 7.89. The fraction of sp³-hybridized carbons (Fsp3) is 0.409. The Kier molecular flexibility index (Phi) is 5.72. The fourth-order valence-corrected chi connectivity index (χ4v) is 4.98. The average Bonchev–Trinajstić information content (AvgIpc) is 3.53. The lowest BCUT2D eigenvalue weighted by Gasteiger charge is -2.34. The first-order chi connectivity index (χ1) is 13.9. The van der Waals surface area contributed by atoms with E-state index in [-0.39, 0.29) is 5.91 Å². The van der Waals surface area contributed by atoms with Gasteiger partial charge in [0.15, 0.2) is 0 Å². The minimum Gasteiger partial charge on any atom is -0.349 e. The van der Waals surface area contributed by atoms with Crippen molar-refractivity contribution in [2.24, 2.45) is 0 Å². The number of carbonyl (C=O) groups excluding carboxylic acids is 1. The topological polar surface area (TPSA) is 69.7 Å². The molecule has 7 heteroatoms. The lowest BCUT2D eigenvalue weighted by molar-refractivity contribution is 0.0950. The Morgan fingerprint density at radius 2 is 1.72 bits per heavy atom. The van der Waals surface area contributed by atoms with Crippen molar-refractivity contribution < 1.29 is 13.2 Å². The predicted octanol–water partition coefficient (Wildman–Crippen LogP) is 2.39. The van der Waals surface area contributed by atoms with Crippen LogP contribution in [0, 0.1) is 6.92 Å². The summed E-state index contributed by atoms with van der Waals surface area (Å²) >= 11 is 0. The van der Waals surface area contributed by atoms with Crippen LogP contribution in [-0.4, -0.2) is 55.8 Å². The second-order valence-corrected chi connectivity index (χ2v) is 9.88. The minimum atomic E-state index is -3.44. The summed E-state index contributed by atoms with van der Waals surface area (Å²) in [6.07, 6.45) is 2.14. The van der Waals surface area contributed by atoms with Crippen molar-refractivity contribution in [3.63, 3.8) is 0 Å². The Morgan fingerprint density at radius 1 is 1.03 bits per heavy atom. The number of carbonyl (C=O) groups is 1. The summed E-state index contributed by atoms with van der Waals surface area (Å²) in [5.41, 5.74) is 2.81. The van der Waals surface area contributed by atoms with Crippen LogP contribution in [0.15, 0.2) is 53.4 Å². The molecule has 2 aliphatic rings. The number of hydrogen-bond acceptors (Lipinski definition) is 4. The largest absolute Gasteiger partial charge is 0.349 e. The molecule has 1 aliphatic heterocycles. The van der Waals surface area contributed by atoms with Crippen LogP contribution in [0.5, 0.6) is 0 Å². The zero-order valence-electron chi connectivity index (χ0n) is 16.7. The zero-order chi connectivity index (χ0) is 20.4. The first-order valence-electron chi connectivity index (χ1n) is 10.1. The maximum absolute atomic E-state index is 12.8. The third kappa shape index (κ3) is 4.86. The summed E-state index contributed by atoms with van der Waals surface area (Å²) in [5.74, 6) is -0.0108. The molecule has 0 atom stereocenters. The van der Waals surface area contributed by atoms with E-state index in [2.05, 4.69) is 10.2 Å². The van der Waals surface area contributed by atoms with Crippen LogP contribution in [0.1, 0.15) is 34.3 Å². The van der Waals surface area contributed by atoms with Crippen molar-refractivity contribution >= 4 is 15.9 Å². The van der Waals surface area contributed by atoms with Crippen LogP contribution in [0.25, 0.3) is 0 Å². The molecule has 1 amide bonds. The van der Waals surface area contributed by atoms with Crippen molar-refractivity contribution in [1.82, 2.24) is 14.5 Å². The maximum Gasteiger partial charge on any atom is 0.251 e. The fourth-order valence-electron chi connectivity index (χ4n) is 3.55. The highest BCUT2D eigenvalue weighted by Gasteiger charge is 2.28. The number of hydrogen-bond donors (Lipinski definition) is 1. The predicted molar refractivity (Wildman–Crippen MR) is 112 cm³/mol. The van der Waals surface area contributed by atoms with Gasteiger partial charge in [-0.05, 0) is 49.6 Å². The molecule has 0 aromatic heterocycles. The van der Waals surface area contributed by atoms with Gasteiger partial charge >= 0.3 is 0 Å². The summed E-state index contributed by atoms with van der Waals surface area (Å²) in [6.45, 7) is 4.94. The molecule has 4 rings (SSSR count). The van der Waals surface area contributed by atoms with E-state index in [0.29, 0.717) is 49.2 Å². The van der Waals surface area contributed by atoms with Gasteiger partial charge in [0.25, 0.3) is 5.91 Å². The Bertz CT molecular complexity index is 977. The van der Waals surface area contributed by atoms with E-state index in [1.54, 1.807) is 16.4 Å². The molecular weight excluding hydrogens is 386 g/mol. The van der Waals surface area contributed by atoms with Gasteiger partial charge in [0.05, 0.1) is 4.90 Å². The van der Waals surface area contributed by atoms with Crippen LogP contribution in [0.3, 0.4) is 0 Å².